The molecule has 1 unspecified atom stereocenters. The van der Waals surface area contributed by atoms with Gasteiger partial charge in [-0.25, -0.2) is 0 Å². The molecule has 0 spiro atoms. The number of hydrogen-bond donors (Lipinski definition) is 2. The molecule has 7 heteroatoms. The molecule has 1 atom stereocenters. The van der Waals surface area contributed by atoms with E-state index in [0.29, 0.717) is 6.54 Å². The van der Waals surface area contributed by atoms with Crippen LogP contribution in [0.4, 0.5) is 5.69 Å². The first kappa shape index (κ1) is 13.4. The topological polar surface area (TPSA) is 98.3 Å². The van der Waals surface area contributed by atoms with E-state index in [1.165, 1.54) is 18.2 Å². The number of amides is 1. The molecule has 0 radical (unpaired) electrons. The molecular weight excluding hydrogens is 246 g/mol. The van der Waals surface area contributed by atoms with Gasteiger partial charge in [0.2, 0.25) is 0 Å². The largest absolute Gasteiger partial charge is 0.350 e. The van der Waals surface area contributed by atoms with Crippen molar-refractivity contribution in [3.05, 3.63) is 38.9 Å². The Kier molecular flexibility index (Phi) is 4.42. The van der Waals surface area contributed by atoms with Crippen molar-refractivity contribution in [3.63, 3.8) is 0 Å². The molecule has 3 N–H and O–H groups in total. The maximum atomic E-state index is 11.6. The van der Waals surface area contributed by atoms with Gasteiger partial charge in [0, 0.05) is 35.3 Å². The van der Waals surface area contributed by atoms with Crippen molar-refractivity contribution in [1.29, 1.82) is 0 Å². The summed E-state index contributed by atoms with van der Waals surface area (Å²) < 4.78 is 0. The summed E-state index contributed by atoms with van der Waals surface area (Å²) >= 11 is 5.69. The van der Waals surface area contributed by atoms with Gasteiger partial charge >= 0.3 is 0 Å². The second-order valence-electron chi connectivity index (χ2n) is 3.64. The number of nitrogens with two attached hydrogens (primary N) is 1. The molecule has 1 aromatic rings. The number of nitro benzene ring substituents is 1. The maximum absolute atomic E-state index is 11.6. The Hall–Kier alpha value is -1.66. The molecule has 0 saturated heterocycles. The lowest BCUT2D eigenvalue weighted by Gasteiger charge is -2.07. The van der Waals surface area contributed by atoms with Gasteiger partial charge in [-0.05, 0) is 13.0 Å². The Morgan fingerprint density at radius 2 is 2.24 bits per heavy atom. The zero-order chi connectivity index (χ0) is 13.0. The fraction of sp³-hybridized carbons (Fsp3) is 0.300. The van der Waals surface area contributed by atoms with E-state index < -0.39 is 10.8 Å². The smallest absolute Gasteiger partial charge is 0.271 e. The lowest BCUT2D eigenvalue weighted by Crippen LogP contribution is -2.35. The Bertz CT molecular complexity index is 448. The highest BCUT2D eigenvalue weighted by Gasteiger charge is 2.13. The van der Waals surface area contributed by atoms with Crippen LogP contribution in [-0.4, -0.2) is 23.4 Å². The molecule has 0 saturated carbocycles. The highest BCUT2D eigenvalue weighted by molar-refractivity contribution is 6.31. The summed E-state index contributed by atoms with van der Waals surface area (Å²) in [5.41, 5.74) is 5.40. The van der Waals surface area contributed by atoms with E-state index in [2.05, 4.69) is 5.32 Å². The fourth-order valence-electron chi connectivity index (χ4n) is 1.17. The summed E-state index contributed by atoms with van der Waals surface area (Å²) in [6.45, 7) is 2.03. The van der Waals surface area contributed by atoms with Crippen molar-refractivity contribution >= 4 is 23.2 Å². The molecule has 0 aromatic heterocycles. The molecule has 0 aliphatic carbocycles. The van der Waals surface area contributed by atoms with Crippen molar-refractivity contribution in [2.45, 2.75) is 13.0 Å². The Labute approximate surface area is 103 Å². The van der Waals surface area contributed by atoms with Crippen LogP contribution in [0.5, 0.6) is 0 Å². The molecule has 0 aliphatic heterocycles. The molecule has 1 rings (SSSR count). The van der Waals surface area contributed by atoms with Gasteiger partial charge in [-0.1, -0.05) is 11.6 Å². The first-order valence-electron chi connectivity index (χ1n) is 4.89. The lowest BCUT2D eigenvalue weighted by molar-refractivity contribution is -0.384. The van der Waals surface area contributed by atoms with E-state index in [4.69, 9.17) is 17.3 Å². The summed E-state index contributed by atoms with van der Waals surface area (Å²) in [6.07, 6.45) is 0. The van der Waals surface area contributed by atoms with Crippen LogP contribution in [0.15, 0.2) is 18.2 Å². The molecule has 1 aromatic carbocycles. The van der Waals surface area contributed by atoms with Crippen molar-refractivity contribution in [1.82, 2.24) is 5.32 Å². The van der Waals surface area contributed by atoms with Crippen molar-refractivity contribution < 1.29 is 9.72 Å². The average molecular weight is 258 g/mol. The van der Waals surface area contributed by atoms with Gasteiger partial charge in [0.05, 0.1) is 4.92 Å². The lowest BCUT2D eigenvalue weighted by atomic mass is 10.2. The van der Waals surface area contributed by atoms with Gasteiger partial charge in [0.15, 0.2) is 0 Å². The number of nitrogens with one attached hydrogen (secondary N) is 1. The van der Waals surface area contributed by atoms with Gasteiger partial charge in [-0.2, -0.15) is 0 Å². The standard InChI is InChI=1S/C10H12ClN3O3/c1-6(12)5-13-10(15)7-2-8(11)4-9(3-7)14(16)17/h2-4,6H,5,12H2,1H3,(H,13,15). The zero-order valence-electron chi connectivity index (χ0n) is 9.14. The minimum absolute atomic E-state index is 0.143. The fourth-order valence-corrected chi connectivity index (χ4v) is 1.40. The summed E-state index contributed by atoms with van der Waals surface area (Å²) in [4.78, 5) is 21.6. The van der Waals surface area contributed by atoms with Gasteiger partial charge in [0.1, 0.15) is 0 Å². The summed E-state index contributed by atoms with van der Waals surface area (Å²) in [5, 5.41) is 13.3. The number of non-ortho nitro benzene ring substituents is 1. The van der Waals surface area contributed by atoms with E-state index in [9.17, 15) is 14.9 Å². The molecule has 0 heterocycles. The van der Waals surface area contributed by atoms with E-state index in [1.54, 1.807) is 6.92 Å². The number of carbonyl (C=O) groups is 1. The molecule has 0 bridgehead atoms. The SMILES string of the molecule is CC(N)CNC(=O)c1cc(Cl)cc([N+](=O)[O-])c1. The van der Waals surface area contributed by atoms with E-state index >= 15 is 0 Å². The molecule has 92 valence electrons. The summed E-state index contributed by atoms with van der Waals surface area (Å²) in [5.74, 6) is -0.437. The molecule has 1 amide bonds. The third-order valence-electron chi connectivity index (χ3n) is 1.94. The van der Waals surface area contributed by atoms with E-state index in [-0.39, 0.29) is 22.3 Å². The Morgan fingerprint density at radius 1 is 1.59 bits per heavy atom. The predicted octanol–water partition coefficient (Wildman–Crippen LogP) is 1.33. The molecule has 0 fully saturated rings. The third-order valence-corrected chi connectivity index (χ3v) is 2.16. The van der Waals surface area contributed by atoms with Crippen LogP contribution in [0, 0.1) is 10.1 Å². The number of benzene rings is 1. The molecule has 17 heavy (non-hydrogen) atoms. The van der Waals surface area contributed by atoms with Gasteiger partial charge in [-0.3, -0.25) is 14.9 Å². The number of nitrogens with zero attached hydrogens (tertiary/aromatic N) is 1. The molecular formula is C10H12ClN3O3. The molecule has 6 nitrogen and oxygen atoms in total. The highest BCUT2D eigenvalue weighted by atomic mass is 35.5. The number of hydrogen-bond acceptors (Lipinski definition) is 4. The Balaban J connectivity index is 2.90. The van der Waals surface area contributed by atoms with E-state index in [0.717, 1.165) is 0 Å². The van der Waals surface area contributed by atoms with Crippen LogP contribution in [0.1, 0.15) is 17.3 Å². The summed E-state index contributed by atoms with van der Waals surface area (Å²) in [7, 11) is 0. The number of nitro groups is 1. The number of rotatable bonds is 4. The average Bonchev–Trinajstić information content (AvgIpc) is 2.24. The van der Waals surface area contributed by atoms with Crippen molar-refractivity contribution in [2.75, 3.05) is 6.54 Å². The first-order chi connectivity index (χ1) is 7.90. The van der Waals surface area contributed by atoms with Crippen molar-refractivity contribution in [3.8, 4) is 0 Å². The van der Waals surface area contributed by atoms with Crippen molar-refractivity contribution in [2.24, 2.45) is 5.73 Å². The monoisotopic (exact) mass is 257 g/mol. The second-order valence-corrected chi connectivity index (χ2v) is 4.08. The number of carbonyl (C=O) groups excluding carboxylic acids is 1. The number of halogens is 1. The van der Waals surface area contributed by atoms with Gasteiger partial charge in [-0.15, -0.1) is 0 Å². The van der Waals surface area contributed by atoms with Crippen LogP contribution in [-0.2, 0) is 0 Å². The van der Waals surface area contributed by atoms with E-state index in [1.807, 2.05) is 0 Å². The highest BCUT2D eigenvalue weighted by Crippen LogP contribution is 2.20. The van der Waals surface area contributed by atoms with Crippen LogP contribution >= 0.6 is 11.6 Å². The second kappa shape index (κ2) is 5.60. The Morgan fingerprint density at radius 3 is 2.76 bits per heavy atom. The minimum Gasteiger partial charge on any atom is -0.350 e. The summed E-state index contributed by atoms with van der Waals surface area (Å²) in [6, 6.07) is 3.53. The van der Waals surface area contributed by atoms with Crippen LogP contribution in [0.3, 0.4) is 0 Å². The quantitative estimate of drug-likeness (QED) is 0.628. The normalized spacial score (nSPS) is 11.9. The zero-order valence-corrected chi connectivity index (χ0v) is 9.90. The predicted molar refractivity (Wildman–Crippen MR) is 64.1 cm³/mol. The minimum atomic E-state index is -0.603. The van der Waals surface area contributed by atoms with Gasteiger partial charge < -0.3 is 11.1 Å². The first-order valence-corrected chi connectivity index (χ1v) is 5.26. The van der Waals surface area contributed by atoms with Crippen LogP contribution < -0.4 is 11.1 Å². The third kappa shape index (κ3) is 4.01. The van der Waals surface area contributed by atoms with Crippen LogP contribution in [0.2, 0.25) is 5.02 Å². The van der Waals surface area contributed by atoms with Crippen LogP contribution in [0.25, 0.3) is 0 Å². The van der Waals surface area contributed by atoms with Gasteiger partial charge in [0.25, 0.3) is 11.6 Å². The molecule has 0 aliphatic rings. The maximum Gasteiger partial charge on any atom is 0.271 e.